The van der Waals surface area contributed by atoms with E-state index in [0.29, 0.717) is 6.54 Å². The molecule has 1 amide bonds. The molecular formula is C18H25ClN4O. The molecule has 24 heavy (non-hydrogen) atoms. The maximum absolute atomic E-state index is 11.9. The molecule has 0 fully saturated rings. The highest BCUT2D eigenvalue weighted by Crippen LogP contribution is 2.31. The number of carbonyl (C=O) groups is 1. The summed E-state index contributed by atoms with van der Waals surface area (Å²) in [7, 11) is 1.78. The van der Waals surface area contributed by atoms with Crippen LogP contribution < -0.4 is 10.6 Å². The summed E-state index contributed by atoms with van der Waals surface area (Å²) in [5.41, 5.74) is 6.02. The summed E-state index contributed by atoms with van der Waals surface area (Å²) in [5.74, 6) is 0.0323. The van der Waals surface area contributed by atoms with Crippen LogP contribution in [-0.2, 0) is 11.2 Å². The average molecular weight is 349 g/mol. The average Bonchev–Trinajstić information content (AvgIpc) is 2.95. The Morgan fingerprint density at radius 3 is 2.92 bits per heavy atom. The van der Waals surface area contributed by atoms with Crippen molar-refractivity contribution < 1.29 is 4.79 Å². The number of fused-ring (bicyclic) bond motifs is 1. The molecule has 1 unspecified atom stereocenters. The van der Waals surface area contributed by atoms with Gasteiger partial charge in [-0.1, -0.05) is 12.1 Å². The van der Waals surface area contributed by atoms with Gasteiger partial charge in [-0.3, -0.25) is 4.79 Å². The summed E-state index contributed by atoms with van der Waals surface area (Å²) in [5, 5.41) is 10.6. The van der Waals surface area contributed by atoms with Crippen molar-refractivity contribution in [2.24, 2.45) is 0 Å². The Kier molecular flexibility index (Phi) is 6.02. The van der Waals surface area contributed by atoms with Gasteiger partial charge in [0.25, 0.3) is 0 Å². The molecule has 2 aromatic rings. The van der Waals surface area contributed by atoms with Crippen molar-refractivity contribution in [3.63, 3.8) is 0 Å². The number of benzene rings is 1. The molecule has 3 rings (SSSR count). The Morgan fingerprint density at radius 1 is 1.38 bits per heavy atom. The second-order valence-corrected chi connectivity index (χ2v) is 6.22. The molecule has 0 bridgehead atoms. The zero-order valence-corrected chi connectivity index (χ0v) is 15.2. The monoisotopic (exact) mass is 348 g/mol. The van der Waals surface area contributed by atoms with Crippen molar-refractivity contribution in [2.75, 3.05) is 13.6 Å². The zero-order chi connectivity index (χ0) is 16.4. The van der Waals surface area contributed by atoms with Crippen molar-refractivity contribution in [1.82, 2.24) is 20.4 Å². The maximum atomic E-state index is 11.9. The molecule has 0 aliphatic heterocycles. The Labute approximate surface area is 149 Å². The van der Waals surface area contributed by atoms with Crippen LogP contribution in [0, 0.1) is 13.8 Å². The molecule has 2 N–H and O–H groups in total. The number of hydrogen-bond acceptors (Lipinski definition) is 3. The molecule has 1 aliphatic carbocycles. The molecule has 0 spiro atoms. The van der Waals surface area contributed by atoms with Crippen LogP contribution in [0.25, 0.3) is 5.69 Å². The third kappa shape index (κ3) is 3.47. The van der Waals surface area contributed by atoms with E-state index in [1.165, 1.54) is 16.8 Å². The van der Waals surface area contributed by atoms with Gasteiger partial charge < -0.3 is 10.6 Å². The zero-order valence-electron chi connectivity index (χ0n) is 14.4. The standard InChI is InChI=1S/C18H24N4O.ClH/c1-12-6-4-8-16(13(12)2)22-17-9-5-7-15(14(17)10-20-22)21-18(23)11-19-3;/h4,6,8,10,15,19H,5,7,9,11H2,1-3H3,(H,21,23);1H. The molecule has 0 saturated carbocycles. The van der Waals surface area contributed by atoms with E-state index in [0.717, 1.165) is 30.5 Å². The lowest BCUT2D eigenvalue weighted by Gasteiger charge is -2.24. The van der Waals surface area contributed by atoms with Crippen molar-refractivity contribution in [1.29, 1.82) is 0 Å². The molecule has 0 saturated heterocycles. The number of nitrogens with zero attached hydrogens (tertiary/aromatic N) is 2. The number of nitrogens with one attached hydrogen (secondary N) is 2. The van der Waals surface area contributed by atoms with Gasteiger partial charge in [0.1, 0.15) is 0 Å². The number of halogens is 1. The normalized spacial score (nSPS) is 16.2. The smallest absolute Gasteiger partial charge is 0.234 e. The quantitative estimate of drug-likeness (QED) is 0.893. The van der Waals surface area contributed by atoms with Gasteiger partial charge in [0.05, 0.1) is 24.5 Å². The van der Waals surface area contributed by atoms with Gasteiger partial charge in [-0.05, 0) is 57.4 Å². The summed E-state index contributed by atoms with van der Waals surface area (Å²) in [6.07, 6.45) is 4.96. The van der Waals surface area contributed by atoms with E-state index in [9.17, 15) is 4.79 Å². The predicted octanol–water partition coefficient (Wildman–Crippen LogP) is 2.62. The number of amides is 1. The summed E-state index contributed by atoms with van der Waals surface area (Å²) < 4.78 is 2.05. The SMILES string of the molecule is CNCC(=O)NC1CCCc2c1cnn2-c1cccc(C)c1C.Cl. The third-order valence-corrected chi connectivity index (χ3v) is 4.66. The van der Waals surface area contributed by atoms with Gasteiger partial charge in [-0.25, -0.2) is 4.68 Å². The highest BCUT2D eigenvalue weighted by Gasteiger charge is 2.26. The van der Waals surface area contributed by atoms with Crippen LogP contribution in [0.1, 0.15) is 41.3 Å². The van der Waals surface area contributed by atoms with Gasteiger partial charge in [0, 0.05) is 11.3 Å². The first-order valence-electron chi connectivity index (χ1n) is 8.19. The minimum Gasteiger partial charge on any atom is -0.348 e. The number of hydrogen-bond donors (Lipinski definition) is 2. The predicted molar refractivity (Wildman–Crippen MR) is 98.0 cm³/mol. The summed E-state index contributed by atoms with van der Waals surface area (Å²) in [6.45, 7) is 4.60. The molecule has 0 radical (unpaired) electrons. The second kappa shape index (κ2) is 7.81. The summed E-state index contributed by atoms with van der Waals surface area (Å²) >= 11 is 0. The van der Waals surface area contributed by atoms with Gasteiger partial charge in [-0.2, -0.15) is 5.10 Å². The molecule has 1 heterocycles. The number of aryl methyl sites for hydroxylation is 1. The minimum atomic E-state index is 0. The van der Waals surface area contributed by atoms with Crippen molar-refractivity contribution in [2.45, 2.75) is 39.2 Å². The van der Waals surface area contributed by atoms with Gasteiger partial charge in [0.15, 0.2) is 0 Å². The first-order valence-corrected chi connectivity index (χ1v) is 8.19. The lowest BCUT2D eigenvalue weighted by atomic mass is 9.92. The van der Waals surface area contributed by atoms with Crippen molar-refractivity contribution >= 4 is 18.3 Å². The Morgan fingerprint density at radius 2 is 2.17 bits per heavy atom. The van der Waals surface area contributed by atoms with Crippen LogP contribution in [-0.4, -0.2) is 29.3 Å². The molecular weight excluding hydrogens is 324 g/mol. The van der Waals surface area contributed by atoms with E-state index in [2.05, 4.69) is 47.8 Å². The van der Waals surface area contributed by atoms with Gasteiger partial charge in [-0.15, -0.1) is 12.4 Å². The molecule has 1 aromatic carbocycles. The summed E-state index contributed by atoms with van der Waals surface area (Å²) in [4.78, 5) is 11.9. The maximum Gasteiger partial charge on any atom is 0.234 e. The lowest BCUT2D eigenvalue weighted by Crippen LogP contribution is -2.36. The first-order chi connectivity index (χ1) is 11.1. The molecule has 1 atom stereocenters. The largest absolute Gasteiger partial charge is 0.348 e. The van der Waals surface area contributed by atoms with E-state index in [1.807, 2.05) is 10.9 Å². The fourth-order valence-electron chi connectivity index (χ4n) is 3.29. The molecule has 6 heteroatoms. The lowest BCUT2D eigenvalue weighted by molar-refractivity contribution is -0.121. The van der Waals surface area contributed by atoms with Gasteiger partial charge >= 0.3 is 0 Å². The van der Waals surface area contributed by atoms with E-state index in [1.54, 1.807) is 7.05 Å². The van der Waals surface area contributed by atoms with Crippen LogP contribution in [0.5, 0.6) is 0 Å². The van der Waals surface area contributed by atoms with Gasteiger partial charge in [0.2, 0.25) is 5.91 Å². The first kappa shape index (κ1) is 18.5. The number of aromatic nitrogens is 2. The van der Waals surface area contributed by atoms with Crippen LogP contribution in [0.4, 0.5) is 0 Å². The Hall–Kier alpha value is -1.85. The van der Waals surface area contributed by atoms with E-state index in [4.69, 9.17) is 0 Å². The van der Waals surface area contributed by atoms with Crippen molar-refractivity contribution in [3.8, 4) is 5.69 Å². The summed E-state index contributed by atoms with van der Waals surface area (Å²) in [6, 6.07) is 6.37. The number of carbonyl (C=O) groups excluding carboxylic acids is 1. The van der Waals surface area contributed by atoms with Crippen LogP contribution in [0.3, 0.4) is 0 Å². The molecule has 1 aliphatic rings. The van der Waals surface area contributed by atoms with E-state index in [-0.39, 0.29) is 24.4 Å². The van der Waals surface area contributed by atoms with Crippen LogP contribution in [0.2, 0.25) is 0 Å². The fourth-order valence-corrected chi connectivity index (χ4v) is 3.29. The van der Waals surface area contributed by atoms with Crippen LogP contribution in [0.15, 0.2) is 24.4 Å². The van der Waals surface area contributed by atoms with Crippen molar-refractivity contribution in [3.05, 3.63) is 46.8 Å². The highest BCUT2D eigenvalue weighted by molar-refractivity contribution is 5.85. The third-order valence-electron chi connectivity index (χ3n) is 4.66. The highest BCUT2D eigenvalue weighted by atomic mass is 35.5. The molecule has 130 valence electrons. The number of rotatable bonds is 4. The van der Waals surface area contributed by atoms with E-state index < -0.39 is 0 Å². The Bertz CT molecular complexity index is 726. The number of likely N-dealkylation sites (N-methyl/N-ethyl adjacent to an activating group) is 1. The minimum absolute atomic E-state index is 0. The molecule has 5 nitrogen and oxygen atoms in total. The van der Waals surface area contributed by atoms with Crippen LogP contribution >= 0.6 is 12.4 Å². The Balaban J connectivity index is 0.00000208. The fraction of sp³-hybridized carbons (Fsp3) is 0.444. The molecule has 1 aromatic heterocycles. The second-order valence-electron chi connectivity index (χ2n) is 6.22. The van der Waals surface area contributed by atoms with E-state index >= 15 is 0 Å². The topological polar surface area (TPSA) is 59.0 Å².